The Kier molecular flexibility index (Phi) is 4.80. The molecule has 1 heterocycles. The van der Waals surface area contributed by atoms with Gasteiger partial charge in [-0.25, -0.2) is 0 Å². The molecule has 2 rings (SSSR count). The summed E-state index contributed by atoms with van der Waals surface area (Å²) in [6.07, 6.45) is 1.45. The van der Waals surface area contributed by atoms with Crippen molar-refractivity contribution in [2.24, 2.45) is 0 Å². The van der Waals surface area contributed by atoms with Crippen molar-refractivity contribution in [2.45, 2.75) is 38.8 Å². The third-order valence-corrected chi connectivity index (χ3v) is 3.28. The van der Waals surface area contributed by atoms with Gasteiger partial charge in [-0.1, -0.05) is 25.1 Å². The average molecular weight is 262 g/mol. The lowest BCUT2D eigenvalue weighted by Gasteiger charge is -2.14. The summed E-state index contributed by atoms with van der Waals surface area (Å²) in [4.78, 5) is 11.8. The zero-order valence-electron chi connectivity index (χ0n) is 11.6. The molecule has 0 spiro atoms. The number of nitrogens with one attached hydrogen (secondary N) is 2. The fourth-order valence-electron chi connectivity index (χ4n) is 2.37. The number of rotatable bonds is 6. The summed E-state index contributed by atoms with van der Waals surface area (Å²) in [5.74, 6) is 1.02. The second kappa shape index (κ2) is 6.57. The second-order valence-electron chi connectivity index (χ2n) is 5.02. The number of benzene rings is 1. The van der Waals surface area contributed by atoms with Crippen LogP contribution in [0.25, 0.3) is 0 Å². The van der Waals surface area contributed by atoms with Crippen LogP contribution in [-0.2, 0) is 11.2 Å². The minimum absolute atomic E-state index is 0.0655. The lowest BCUT2D eigenvalue weighted by atomic mass is 10.1. The van der Waals surface area contributed by atoms with Gasteiger partial charge in [0.25, 0.3) is 0 Å². The maximum Gasteiger partial charge on any atom is 0.221 e. The van der Waals surface area contributed by atoms with Gasteiger partial charge in [0, 0.05) is 18.9 Å². The first kappa shape index (κ1) is 13.9. The van der Waals surface area contributed by atoms with Gasteiger partial charge in [-0.3, -0.25) is 4.79 Å². The number of para-hydroxylation sites is 1. The van der Waals surface area contributed by atoms with Crippen LogP contribution in [0, 0.1) is 0 Å². The number of fused-ring (bicyclic) bond motifs is 1. The van der Waals surface area contributed by atoms with E-state index in [0.717, 1.165) is 18.7 Å². The number of carbonyl (C=O) groups is 1. The molecule has 1 aromatic carbocycles. The van der Waals surface area contributed by atoms with Crippen molar-refractivity contribution in [2.75, 3.05) is 13.1 Å². The zero-order chi connectivity index (χ0) is 13.7. The Morgan fingerprint density at radius 1 is 1.47 bits per heavy atom. The Bertz CT molecular complexity index is 409. The highest BCUT2D eigenvalue weighted by molar-refractivity contribution is 5.76. The van der Waals surface area contributed by atoms with Crippen molar-refractivity contribution >= 4 is 5.91 Å². The van der Waals surface area contributed by atoms with Gasteiger partial charge in [-0.05, 0) is 25.1 Å². The van der Waals surface area contributed by atoms with Crippen LogP contribution in [0.5, 0.6) is 5.75 Å². The van der Waals surface area contributed by atoms with Crippen LogP contribution < -0.4 is 15.4 Å². The van der Waals surface area contributed by atoms with E-state index in [1.807, 2.05) is 32.0 Å². The molecule has 2 atom stereocenters. The van der Waals surface area contributed by atoms with Crippen LogP contribution in [0.2, 0.25) is 0 Å². The lowest BCUT2D eigenvalue weighted by molar-refractivity contribution is -0.121. The van der Waals surface area contributed by atoms with Crippen molar-refractivity contribution in [3.8, 4) is 5.75 Å². The Morgan fingerprint density at radius 2 is 2.26 bits per heavy atom. The lowest BCUT2D eigenvalue weighted by Crippen LogP contribution is -2.38. The molecule has 0 radical (unpaired) electrons. The molecule has 1 aliphatic heterocycles. The van der Waals surface area contributed by atoms with E-state index in [9.17, 15) is 4.79 Å². The predicted octanol–water partition coefficient (Wildman–Crippen LogP) is 1.49. The molecule has 0 fully saturated rings. The highest BCUT2D eigenvalue weighted by Crippen LogP contribution is 2.27. The molecule has 1 aliphatic rings. The summed E-state index contributed by atoms with van der Waals surface area (Å²) in [5.41, 5.74) is 1.22. The molecule has 0 bridgehead atoms. The molecule has 0 aliphatic carbocycles. The molecule has 2 N–H and O–H groups in total. The first-order valence-corrected chi connectivity index (χ1v) is 6.93. The van der Waals surface area contributed by atoms with Crippen LogP contribution in [0.1, 0.15) is 25.8 Å². The fraction of sp³-hybridized carbons (Fsp3) is 0.533. The molecule has 104 valence electrons. The first-order valence-electron chi connectivity index (χ1n) is 6.93. The zero-order valence-corrected chi connectivity index (χ0v) is 11.6. The quantitative estimate of drug-likeness (QED) is 0.816. The molecule has 2 unspecified atom stereocenters. The number of ether oxygens (including phenoxy) is 1. The maximum absolute atomic E-state index is 11.8. The van der Waals surface area contributed by atoms with E-state index in [2.05, 4.69) is 16.7 Å². The van der Waals surface area contributed by atoms with E-state index >= 15 is 0 Å². The van der Waals surface area contributed by atoms with Crippen molar-refractivity contribution in [1.82, 2.24) is 10.6 Å². The standard InChI is InChI=1S/C15H22N2O2/c1-3-16-11(2)8-15(18)17-10-13-9-12-6-4-5-7-14(12)19-13/h4-7,11,13,16H,3,8-10H2,1-2H3,(H,17,18). The number of hydrogen-bond acceptors (Lipinski definition) is 3. The summed E-state index contributed by atoms with van der Waals surface area (Å²) in [6, 6.07) is 8.25. The van der Waals surface area contributed by atoms with Crippen LogP contribution in [-0.4, -0.2) is 31.1 Å². The fourth-order valence-corrected chi connectivity index (χ4v) is 2.37. The van der Waals surface area contributed by atoms with Gasteiger partial charge in [-0.15, -0.1) is 0 Å². The van der Waals surface area contributed by atoms with E-state index in [1.54, 1.807) is 0 Å². The van der Waals surface area contributed by atoms with Crippen LogP contribution in [0.4, 0.5) is 0 Å². The van der Waals surface area contributed by atoms with Crippen LogP contribution in [0.15, 0.2) is 24.3 Å². The Balaban J connectivity index is 1.72. The normalized spacial score (nSPS) is 18.5. The third-order valence-electron chi connectivity index (χ3n) is 3.28. The Morgan fingerprint density at radius 3 is 3.00 bits per heavy atom. The smallest absolute Gasteiger partial charge is 0.221 e. The Hall–Kier alpha value is -1.55. The van der Waals surface area contributed by atoms with E-state index in [-0.39, 0.29) is 18.1 Å². The van der Waals surface area contributed by atoms with Gasteiger partial charge in [0.15, 0.2) is 0 Å². The summed E-state index contributed by atoms with van der Waals surface area (Å²) in [5, 5.41) is 6.17. The van der Waals surface area contributed by atoms with Gasteiger partial charge >= 0.3 is 0 Å². The molecule has 19 heavy (non-hydrogen) atoms. The molecule has 4 heteroatoms. The maximum atomic E-state index is 11.8. The molecule has 1 aromatic rings. The van der Waals surface area contributed by atoms with Gasteiger partial charge in [0.05, 0.1) is 6.54 Å². The highest BCUT2D eigenvalue weighted by Gasteiger charge is 2.22. The highest BCUT2D eigenvalue weighted by atomic mass is 16.5. The molecular formula is C15H22N2O2. The SMILES string of the molecule is CCNC(C)CC(=O)NCC1Cc2ccccc2O1. The summed E-state index contributed by atoms with van der Waals surface area (Å²) in [6.45, 7) is 5.52. The summed E-state index contributed by atoms with van der Waals surface area (Å²) < 4.78 is 5.78. The van der Waals surface area contributed by atoms with Gasteiger partial charge in [-0.2, -0.15) is 0 Å². The Labute approximate surface area is 114 Å². The van der Waals surface area contributed by atoms with Crippen molar-refractivity contribution in [1.29, 1.82) is 0 Å². The monoisotopic (exact) mass is 262 g/mol. The van der Waals surface area contributed by atoms with Crippen molar-refractivity contribution < 1.29 is 9.53 Å². The number of amides is 1. The average Bonchev–Trinajstić information content (AvgIpc) is 2.79. The summed E-state index contributed by atoms with van der Waals surface area (Å²) >= 11 is 0. The van der Waals surface area contributed by atoms with Crippen LogP contribution >= 0.6 is 0 Å². The van der Waals surface area contributed by atoms with E-state index in [4.69, 9.17) is 4.74 Å². The topological polar surface area (TPSA) is 50.4 Å². The third kappa shape index (κ3) is 3.96. The van der Waals surface area contributed by atoms with E-state index < -0.39 is 0 Å². The first-order chi connectivity index (χ1) is 9.19. The molecule has 0 aromatic heterocycles. The minimum Gasteiger partial charge on any atom is -0.488 e. The molecular weight excluding hydrogens is 240 g/mol. The second-order valence-corrected chi connectivity index (χ2v) is 5.02. The van der Waals surface area contributed by atoms with Crippen molar-refractivity contribution in [3.05, 3.63) is 29.8 Å². The number of hydrogen-bond donors (Lipinski definition) is 2. The van der Waals surface area contributed by atoms with Gasteiger partial charge in [0.1, 0.15) is 11.9 Å². The molecule has 0 saturated heterocycles. The minimum atomic E-state index is 0.0655. The molecule has 0 saturated carbocycles. The number of carbonyl (C=O) groups excluding carboxylic acids is 1. The van der Waals surface area contributed by atoms with Gasteiger partial charge in [0.2, 0.25) is 5.91 Å². The predicted molar refractivity (Wildman–Crippen MR) is 75.3 cm³/mol. The van der Waals surface area contributed by atoms with Crippen LogP contribution in [0.3, 0.4) is 0 Å². The largest absolute Gasteiger partial charge is 0.488 e. The van der Waals surface area contributed by atoms with Gasteiger partial charge < -0.3 is 15.4 Å². The van der Waals surface area contributed by atoms with Crippen molar-refractivity contribution in [3.63, 3.8) is 0 Å². The van der Waals surface area contributed by atoms with E-state index in [0.29, 0.717) is 13.0 Å². The van der Waals surface area contributed by atoms with E-state index in [1.165, 1.54) is 5.56 Å². The molecule has 1 amide bonds. The molecule has 4 nitrogen and oxygen atoms in total. The summed E-state index contributed by atoms with van der Waals surface area (Å²) in [7, 11) is 0.